The van der Waals surface area contributed by atoms with E-state index in [1.807, 2.05) is 4.90 Å². The Hall–Kier alpha value is -1.62. The Morgan fingerprint density at radius 1 is 1.47 bits per heavy atom. The van der Waals surface area contributed by atoms with Gasteiger partial charge in [0.15, 0.2) is 0 Å². The van der Waals surface area contributed by atoms with Gasteiger partial charge in [0.2, 0.25) is 0 Å². The van der Waals surface area contributed by atoms with Crippen LogP contribution in [0.2, 0.25) is 0 Å². The molecule has 1 aromatic heterocycles. The van der Waals surface area contributed by atoms with Crippen molar-refractivity contribution in [1.29, 1.82) is 0 Å². The summed E-state index contributed by atoms with van der Waals surface area (Å²) in [5.41, 5.74) is 6.65. The molecule has 0 unspecified atom stereocenters. The third-order valence-electron chi connectivity index (χ3n) is 2.85. The van der Waals surface area contributed by atoms with Crippen LogP contribution in [-0.2, 0) is 0 Å². The number of rotatable bonds is 1. The van der Waals surface area contributed by atoms with E-state index in [0.29, 0.717) is 36.6 Å². The van der Waals surface area contributed by atoms with Gasteiger partial charge in [0.1, 0.15) is 5.69 Å². The number of nitrogens with one attached hydrogen (secondary N) is 1. The summed E-state index contributed by atoms with van der Waals surface area (Å²) < 4.78 is 0. The number of hydrogen-bond acceptors (Lipinski definition) is 4. The van der Waals surface area contributed by atoms with Crippen LogP contribution in [0.4, 0.5) is 5.69 Å². The van der Waals surface area contributed by atoms with Crippen molar-refractivity contribution in [3.8, 4) is 0 Å². The second kappa shape index (κ2) is 4.71. The number of carbonyl (C=O) groups is 1. The highest BCUT2D eigenvalue weighted by Gasteiger charge is 2.26. The first-order chi connectivity index (χ1) is 8.06. The topological polar surface area (TPSA) is 71.2 Å². The molecule has 2 heterocycles. The molecule has 0 spiro atoms. The molecule has 0 saturated carbocycles. The largest absolute Gasteiger partial charge is 0.399 e. The fraction of sp³-hybridized carbons (Fsp3) is 0.500. The lowest BCUT2D eigenvalue weighted by molar-refractivity contribution is 0.0668. The van der Waals surface area contributed by atoms with E-state index in [0.717, 1.165) is 0 Å². The highest BCUT2D eigenvalue weighted by Crippen LogP contribution is 2.10. The Morgan fingerprint density at radius 3 is 2.71 bits per heavy atom. The monoisotopic (exact) mass is 234 g/mol. The highest BCUT2D eigenvalue weighted by atomic mass is 16.2. The lowest BCUT2D eigenvalue weighted by atomic mass is 10.1. The Kier molecular flexibility index (Phi) is 3.28. The summed E-state index contributed by atoms with van der Waals surface area (Å²) in [5, 5.41) is 3.39. The predicted octanol–water partition coefficient (Wildman–Crippen LogP) is 0.486. The standard InChI is InChI=1S/C12H18N4O/c1-8-6-16(7-9(2)15-8)12(17)11-5-10(13)3-4-14-11/h3-5,8-9,15H,6-7H2,1-2H3,(H2,13,14)/t8-,9+. The zero-order chi connectivity index (χ0) is 12.4. The Labute approximate surface area is 101 Å². The van der Waals surface area contributed by atoms with Gasteiger partial charge in [-0.25, -0.2) is 0 Å². The summed E-state index contributed by atoms with van der Waals surface area (Å²) in [4.78, 5) is 18.1. The van der Waals surface area contributed by atoms with Crippen molar-refractivity contribution in [2.45, 2.75) is 25.9 Å². The molecule has 3 N–H and O–H groups in total. The minimum absolute atomic E-state index is 0.0440. The molecule has 0 radical (unpaired) electrons. The summed E-state index contributed by atoms with van der Waals surface area (Å²) >= 11 is 0. The maximum absolute atomic E-state index is 12.2. The minimum atomic E-state index is -0.0440. The number of piperazine rings is 1. The second-order valence-corrected chi connectivity index (χ2v) is 4.65. The number of nitrogens with two attached hydrogens (primary N) is 1. The van der Waals surface area contributed by atoms with Gasteiger partial charge < -0.3 is 16.0 Å². The van der Waals surface area contributed by atoms with Crippen molar-refractivity contribution in [1.82, 2.24) is 15.2 Å². The average Bonchev–Trinajstić information content (AvgIpc) is 2.26. The van der Waals surface area contributed by atoms with E-state index in [1.54, 1.807) is 18.3 Å². The molecule has 2 atom stereocenters. The Bertz CT molecular complexity index is 411. The number of nitrogens with zero attached hydrogens (tertiary/aromatic N) is 2. The zero-order valence-corrected chi connectivity index (χ0v) is 10.2. The van der Waals surface area contributed by atoms with Crippen molar-refractivity contribution in [2.75, 3.05) is 18.8 Å². The van der Waals surface area contributed by atoms with E-state index < -0.39 is 0 Å². The van der Waals surface area contributed by atoms with Gasteiger partial charge in [-0.1, -0.05) is 0 Å². The van der Waals surface area contributed by atoms with E-state index in [1.165, 1.54) is 0 Å². The molecule has 1 fully saturated rings. The van der Waals surface area contributed by atoms with Crippen LogP contribution in [-0.4, -0.2) is 41.0 Å². The van der Waals surface area contributed by atoms with Gasteiger partial charge in [0.05, 0.1) is 0 Å². The summed E-state index contributed by atoms with van der Waals surface area (Å²) in [6, 6.07) is 3.92. The number of carbonyl (C=O) groups excluding carboxylic acids is 1. The van der Waals surface area contributed by atoms with Gasteiger partial charge in [0, 0.05) is 37.1 Å². The molecule has 1 aliphatic rings. The molecule has 0 aromatic carbocycles. The summed E-state index contributed by atoms with van der Waals surface area (Å²) in [6.07, 6.45) is 1.57. The van der Waals surface area contributed by atoms with Crippen LogP contribution in [0, 0.1) is 0 Å². The minimum Gasteiger partial charge on any atom is -0.399 e. The Balaban J connectivity index is 2.14. The van der Waals surface area contributed by atoms with Crippen molar-refractivity contribution in [3.63, 3.8) is 0 Å². The molecule has 0 aliphatic carbocycles. The number of pyridine rings is 1. The molecular weight excluding hydrogens is 216 g/mol. The maximum atomic E-state index is 12.2. The van der Waals surface area contributed by atoms with E-state index in [9.17, 15) is 4.79 Å². The first-order valence-corrected chi connectivity index (χ1v) is 5.83. The molecule has 5 nitrogen and oxygen atoms in total. The molecule has 1 amide bonds. The van der Waals surface area contributed by atoms with Crippen LogP contribution in [0.5, 0.6) is 0 Å². The first-order valence-electron chi connectivity index (χ1n) is 5.83. The van der Waals surface area contributed by atoms with E-state index in [-0.39, 0.29) is 5.91 Å². The molecular formula is C12H18N4O. The Morgan fingerprint density at radius 2 is 2.12 bits per heavy atom. The molecule has 5 heteroatoms. The van der Waals surface area contributed by atoms with Crippen molar-refractivity contribution in [2.24, 2.45) is 0 Å². The SMILES string of the molecule is C[C@@H]1CN(C(=O)c2cc(N)ccn2)C[C@H](C)N1. The lowest BCUT2D eigenvalue weighted by Crippen LogP contribution is -2.55. The number of anilines is 1. The van der Waals surface area contributed by atoms with E-state index >= 15 is 0 Å². The van der Waals surface area contributed by atoms with Crippen molar-refractivity contribution in [3.05, 3.63) is 24.0 Å². The van der Waals surface area contributed by atoms with Crippen molar-refractivity contribution >= 4 is 11.6 Å². The fourth-order valence-electron chi connectivity index (χ4n) is 2.22. The van der Waals surface area contributed by atoms with Gasteiger partial charge in [-0.3, -0.25) is 9.78 Å². The molecule has 2 rings (SSSR count). The number of nitrogen functional groups attached to an aromatic ring is 1. The molecule has 92 valence electrons. The van der Waals surface area contributed by atoms with Gasteiger partial charge in [-0.15, -0.1) is 0 Å². The predicted molar refractivity (Wildman–Crippen MR) is 66.6 cm³/mol. The molecule has 1 saturated heterocycles. The van der Waals surface area contributed by atoms with Crippen LogP contribution >= 0.6 is 0 Å². The fourth-order valence-corrected chi connectivity index (χ4v) is 2.22. The lowest BCUT2D eigenvalue weighted by Gasteiger charge is -2.35. The third kappa shape index (κ3) is 2.74. The van der Waals surface area contributed by atoms with Crippen LogP contribution in [0.1, 0.15) is 24.3 Å². The number of aromatic nitrogens is 1. The van der Waals surface area contributed by atoms with E-state index in [4.69, 9.17) is 5.73 Å². The van der Waals surface area contributed by atoms with Gasteiger partial charge in [-0.05, 0) is 26.0 Å². The van der Waals surface area contributed by atoms with Crippen LogP contribution in [0.15, 0.2) is 18.3 Å². The molecule has 1 aliphatic heterocycles. The molecule has 0 bridgehead atoms. The molecule has 1 aromatic rings. The second-order valence-electron chi connectivity index (χ2n) is 4.65. The normalized spacial score (nSPS) is 24.7. The quantitative estimate of drug-likeness (QED) is 0.741. The van der Waals surface area contributed by atoms with E-state index in [2.05, 4.69) is 24.1 Å². The molecule has 17 heavy (non-hydrogen) atoms. The van der Waals surface area contributed by atoms with Gasteiger partial charge in [0.25, 0.3) is 5.91 Å². The van der Waals surface area contributed by atoms with Crippen molar-refractivity contribution < 1.29 is 4.79 Å². The van der Waals surface area contributed by atoms with Gasteiger partial charge in [-0.2, -0.15) is 0 Å². The summed E-state index contributed by atoms with van der Waals surface area (Å²) in [5.74, 6) is -0.0440. The zero-order valence-electron chi connectivity index (χ0n) is 10.2. The number of amides is 1. The average molecular weight is 234 g/mol. The van der Waals surface area contributed by atoms with Crippen LogP contribution in [0.3, 0.4) is 0 Å². The smallest absolute Gasteiger partial charge is 0.272 e. The highest BCUT2D eigenvalue weighted by molar-refractivity contribution is 5.93. The first kappa shape index (κ1) is 11.9. The maximum Gasteiger partial charge on any atom is 0.272 e. The summed E-state index contributed by atoms with van der Waals surface area (Å²) in [7, 11) is 0. The third-order valence-corrected chi connectivity index (χ3v) is 2.85. The summed E-state index contributed by atoms with van der Waals surface area (Å²) in [6.45, 7) is 5.56. The van der Waals surface area contributed by atoms with Crippen LogP contribution < -0.4 is 11.1 Å². The van der Waals surface area contributed by atoms with Crippen LogP contribution in [0.25, 0.3) is 0 Å². The van der Waals surface area contributed by atoms with Gasteiger partial charge >= 0.3 is 0 Å². The number of hydrogen-bond donors (Lipinski definition) is 2.